The smallest absolute Gasteiger partial charge is 0.320 e. The molecule has 0 unspecified atom stereocenters. The van der Waals surface area contributed by atoms with Crippen molar-refractivity contribution in [3.8, 4) is 0 Å². The van der Waals surface area contributed by atoms with E-state index in [2.05, 4.69) is 27.3 Å². The molecule has 1 saturated heterocycles. The minimum absolute atomic E-state index is 0.127. The molecule has 2 aliphatic heterocycles. The Labute approximate surface area is 131 Å². The fourth-order valence-corrected chi connectivity index (χ4v) is 2.97. The van der Waals surface area contributed by atoms with Crippen molar-refractivity contribution in [1.29, 1.82) is 0 Å². The van der Waals surface area contributed by atoms with E-state index in [1.54, 1.807) is 0 Å². The Bertz CT molecular complexity index is 551. The first-order chi connectivity index (χ1) is 10.8. The highest BCUT2D eigenvalue weighted by Gasteiger charge is 2.16. The Morgan fingerprint density at radius 1 is 1.23 bits per heavy atom. The van der Waals surface area contributed by atoms with Gasteiger partial charge in [-0.05, 0) is 31.5 Å². The van der Waals surface area contributed by atoms with E-state index in [1.807, 2.05) is 12.1 Å². The number of fused-ring (bicyclic) bond motifs is 1. The number of carbonyl (C=O) groups is 1. The van der Waals surface area contributed by atoms with Gasteiger partial charge in [-0.2, -0.15) is 0 Å². The molecule has 22 heavy (non-hydrogen) atoms. The largest absolute Gasteiger partial charge is 0.463 e. The molecule has 0 amide bonds. The van der Waals surface area contributed by atoms with E-state index < -0.39 is 0 Å². The van der Waals surface area contributed by atoms with Crippen LogP contribution in [0.3, 0.4) is 0 Å². The summed E-state index contributed by atoms with van der Waals surface area (Å²) < 4.78 is 5.29. The van der Waals surface area contributed by atoms with Crippen LogP contribution in [0.25, 0.3) is 0 Å². The van der Waals surface area contributed by atoms with Gasteiger partial charge in [0.25, 0.3) is 0 Å². The van der Waals surface area contributed by atoms with Crippen molar-refractivity contribution in [3.63, 3.8) is 0 Å². The number of aliphatic imine (C=N–C) groups is 1. The van der Waals surface area contributed by atoms with Crippen molar-refractivity contribution in [2.75, 3.05) is 32.8 Å². The monoisotopic (exact) mass is 301 g/mol. The standard InChI is InChI=1S/C17H23N3O2/c21-16(13-20-9-4-1-5-10-20)22-11-8-18-17-15-7-3-2-6-14(15)12-19-17/h2-3,6-7H,1,4-5,8-13H2,(H,18,19). The van der Waals surface area contributed by atoms with Crippen molar-refractivity contribution < 1.29 is 9.53 Å². The molecule has 0 aliphatic carbocycles. The van der Waals surface area contributed by atoms with Gasteiger partial charge in [-0.15, -0.1) is 0 Å². The molecular weight excluding hydrogens is 278 g/mol. The minimum atomic E-state index is -0.127. The number of nitrogens with one attached hydrogen (secondary N) is 1. The first-order valence-corrected chi connectivity index (χ1v) is 8.07. The summed E-state index contributed by atoms with van der Waals surface area (Å²) in [5.74, 6) is 0.778. The van der Waals surface area contributed by atoms with Gasteiger partial charge in [-0.25, -0.2) is 0 Å². The first kappa shape index (κ1) is 15.0. The van der Waals surface area contributed by atoms with Gasteiger partial charge >= 0.3 is 5.97 Å². The highest BCUT2D eigenvalue weighted by atomic mass is 16.5. The summed E-state index contributed by atoms with van der Waals surface area (Å²) >= 11 is 0. The second-order valence-electron chi connectivity index (χ2n) is 5.81. The maximum Gasteiger partial charge on any atom is 0.320 e. The molecule has 3 rings (SSSR count). The lowest BCUT2D eigenvalue weighted by Gasteiger charge is -2.25. The van der Waals surface area contributed by atoms with Crippen LogP contribution in [0.1, 0.15) is 30.4 Å². The Morgan fingerprint density at radius 2 is 2.05 bits per heavy atom. The van der Waals surface area contributed by atoms with Gasteiger partial charge in [0.05, 0.1) is 19.6 Å². The molecule has 0 radical (unpaired) electrons. The number of likely N-dealkylation sites (tertiary alicyclic amines) is 1. The third-order valence-electron chi connectivity index (χ3n) is 4.14. The third kappa shape index (κ3) is 3.85. The number of rotatable bonds is 5. The summed E-state index contributed by atoms with van der Waals surface area (Å²) in [6, 6.07) is 8.20. The molecule has 1 fully saturated rings. The third-order valence-corrected chi connectivity index (χ3v) is 4.14. The summed E-state index contributed by atoms with van der Waals surface area (Å²) in [5.41, 5.74) is 2.40. The Kier molecular flexibility index (Phi) is 5.06. The molecule has 2 aliphatic rings. The number of hydrogen-bond donors (Lipinski definition) is 1. The zero-order valence-electron chi connectivity index (χ0n) is 12.9. The molecule has 1 aromatic carbocycles. The van der Waals surface area contributed by atoms with Crippen LogP contribution in [0.4, 0.5) is 0 Å². The lowest BCUT2D eigenvalue weighted by atomic mass is 10.1. The van der Waals surface area contributed by atoms with Gasteiger partial charge in [0.1, 0.15) is 12.4 Å². The molecular formula is C17H23N3O2. The fraction of sp³-hybridized carbons (Fsp3) is 0.529. The molecule has 0 saturated carbocycles. The van der Waals surface area contributed by atoms with Crippen LogP contribution < -0.4 is 5.32 Å². The molecule has 0 spiro atoms. The molecule has 1 N–H and O–H groups in total. The molecule has 5 nitrogen and oxygen atoms in total. The molecule has 118 valence electrons. The highest BCUT2D eigenvalue weighted by molar-refractivity contribution is 6.01. The SMILES string of the molecule is O=C(CN1CCCCC1)OCCNC1=NCc2ccccc21. The highest BCUT2D eigenvalue weighted by Crippen LogP contribution is 2.16. The predicted molar refractivity (Wildman–Crippen MR) is 85.9 cm³/mol. The number of amidine groups is 1. The molecule has 2 heterocycles. The van der Waals surface area contributed by atoms with E-state index in [1.165, 1.54) is 24.8 Å². The zero-order valence-corrected chi connectivity index (χ0v) is 12.9. The second kappa shape index (κ2) is 7.40. The quantitative estimate of drug-likeness (QED) is 0.662. The van der Waals surface area contributed by atoms with Crippen molar-refractivity contribution in [1.82, 2.24) is 10.2 Å². The molecule has 0 atom stereocenters. The molecule has 0 aromatic heterocycles. The van der Waals surface area contributed by atoms with Gasteiger partial charge < -0.3 is 10.1 Å². The first-order valence-electron chi connectivity index (χ1n) is 8.07. The van der Waals surface area contributed by atoms with Crippen molar-refractivity contribution in [2.24, 2.45) is 4.99 Å². The number of esters is 1. The van der Waals surface area contributed by atoms with E-state index in [4.69, 9.17) is 4.74 Å². The van der Waals surface area contributed by atoms with Crippen molar-refractivity contribution >= 4 is 11.8 Å². The van der Waals surface area contributed by atoms with Gasteiger partial charge in [0, 0.05) is 5.56 Å². The predicted octanol–water partition coefficient (Wildman–Crippen LogP) is 1.57. The van der Waals surface area contributed by atoms with Gasteiger partial charge in [0.2, 0.25) is 0 Å². The van der Waals surface area contributed by atoms with E-state index in [9.17, 15) is 4.79 Å². The van der Waals surface area contributed by atoms with Crippen LogP contribution in [0.2, 0.25) is 0 Å². The van der Waals surface area contributed by atoms with E-state index in [0.29, 0.717) is 19.7 Å². The maximum absolute atomic E-state index is 11.8. The zero-order chi connectivity index (χ0) is 15.2. The number of hydrogen-bond acceptors (Lipinski definition) is 5. The minimum Gasteiger partial charge on any atom is -0.463 e. The van der Waals surface area contributed by atoms with Crippen LogP contribution in [0.15, 0.2) is 29.3 Å². The van der Waals surface area contributed by atoms with Gasteiger partial charge in [0.15, 0.2) is 0 Å². The second-order valence-corrected chi connectivity index (χ2v) is 5.81. The average Bonchev–Trinajstić information content (AvgIpc) is 2.96. The van der Waals surface area contributed by atoms with Crippen molar-refractivity contribution in [2.45, 2.75) is 25.8 Å². The lowest BCUT2D eigenvalue weighted by Crippen LogP contribution is -2.36. The van der Waals surface area contributed by atoms with Gasteiger partial charge in [-0.1, -0.05) is 30.7 Å². The van der Waals surface area contributed by atoms with Crippen LogP contribution in [0, 0.1) is 0 Å². The normalized spacial score (nSPS) is 17.7. The average molecular weight is 301 g/mol. The van der Waals surface area contributed by atoms with Gasteiger partial charge in [-0.3, -0.25) is 14.7 Å². The van der Waals surface area contributed by atoms with Crippen LogP contribution in [0.5, 0.6) is 0 Å². The van der Waals surface area contributed by atoms with E-state index >= 15 is 0 Å². The number of carbonyl (C=O) groups excluding carboxylic acids is 1. The summed E-state index contributed by atoms with van der Waals surface area (Å²) in [5, 5.41) is 3.26. The number of benzene rings is 1. The summed E-state index contributed by atoms with van der Waals surface area (Å²) in [6.45, 7) is 4.16. The Balaban J connectivity index is 1.35. The molecule has 5 heteroatoms. The topological polar surface area (TPSA) is 53.9 Å². The number of nitrogens with zero attached hydrogens (tertiary/aromatic N) is 2. The van der Waals surface area contributed by atoms with E-state index in [-0.39, 0.29) is 5.97 Å². The van der Waals surface area contributed by atoms with Crippen LogP contribution in [-0.4, -0.2) is 49.5 Å². The van der Waals surface area contributed by atoms with Crippen LogP contribution in [-0.2, 0) is 16.1 Å². The summed E-state index contributed by atoms with van der Waals surface area (Å²) in [4.78, 5) is 18.4. The Hall–Kier alpha value is -1.88. The lowest BCUT2D eigenvalue weighted by molar-refractivity contribution is -0.144. The van der Waals surface area contributed by atoms with Crippen LogP contribution >= 0.6 is 0 Å². The summed E-state index contributed by atoms with van der Waals surface area (Å²) in [6.07, 6.45) is 3.65. The fourth-order valence-electron chi connectivity index (χ4n) is 2.97. The summed E-state index contributed by atoms with van der Waals surface area (Å²) in [7, 11) is 0. The molecule has 1 aromatic rings. The molecule has 0 bridgehead atoms. The van der Waals surface area contributed by atoms with Crippen molar-refractivity contribution in [3.05, 3.63) is 35.4 Å². The maximum atomic E-state index is 11.8. The number of ether oxygens (including phenoxy) is 1. The number of piperidine rings is 1. The Morgan fingerprint density at radius 3 is 2.91 bits per heavy atom. The van der Waals surface area contributed by atoms with E-state index in [0.717, 1.165) is 31.0 Å².